The summed E-state index contributed by atoms with van der Waals surface area (Å²) in [6.45, 7) is 8.10. The van der Waals surface area contributed by atoms with E-state index in [9.17, 15) is 9.90 Å². The van der Waals surface area contributed by atoms with Gasteiger partial charge in [-0.05, 0) is 38.9 Å². The maximum Gasteiger partial charge on any atom is 0.315 e. The van der Waals surface area contributed by atoms with Crippen molar-refractivity contribution in [1.82, 2.24) is 15.5 Å². The van der Waals surface area contributed by atoms with Crippen LogP contribution in [0.2, 0.25) is 0 Å². The van der Waals surface area contributed by atoms with E-state index in [1.54, 1.807) is 0 Å². The maximum absolute atomic E-state index is 11.7. The Labute approximate surface area is 116 Å². The van der Waals surface area contributed by atoms with Crippen LogP contribution in [0.25, 0.3) is 0 Å². The van der Waals surface area contributed by atoms with E-state index >= 15 is 0 Å². The number of hydrogen-bond donors (Lipinski definition) is 3. The molecule has 2 unspecified atom stereocenters. The van der Waals surface area contributed by atoms with Crippen molar-refractivity contribution >= 4 is 6.03 Å². The molecule has 0 heterocycles. The van der Waals surface area contributed by atoms with Crippen LogP contribution in [0.15, 0.2) is 0 Å². The summed E-state index contributed by atoms with van der Waals surface area (Å²) in [5.74, 6) is 0. The Hall–Kier alpha value is -0.810. The van der Waals surface area contributed by atoms with E-state index in [0.717, 1.165) is 51.7 Å². The standard InChI is InChI=1S/C14H29N3O2/c1-3-17(4-2)11-7-10-15-14(19)16-12-8-5-6-9-13(12)18/h12-13,18H,3-11H2,1-2H3,(H2,15,16,19). The lowest BCUT2D eigenvalue weighted by Gasteiger charge is -2.28. The van der Waals surface area contributed by atoms with Gasteiger partial charge in [0.1, 0.15) is 0 Å². The highest BCUT2D eigenvalue weighted by atomic mass is 16.3. The molecule has 5 nitrogen and oxygen atoms in total. The summed E-state index contributed by atoms with van der Waals surface area (Å²) in [6, 6.07) is -0.220. The molecule has 1 aliphatic carbocycles. The molecule has 0 spiro atoms. The largest absolute Gasteiger partial charge is 0.391 e. The number of hydrogen-bond acceptors (Lipinski definition) is 3. The highest BCUT2D eigenvalue weighted by Crippen LogP contribution is 2.18. The summed E-state index contributed by atoms with van der Waals surface area (Å²) in [5, 5.41) is 15.5. The minimum absolute atomic E-state index is 0.0727. The summed E-state index contributed by atoms with van der Waals surface area (Å²) < 4.78 is 0. The monoisotopic (exact) mass is 271 g/mol. The molecule has 0 aromatic heterocycles. The van der Waals surface area contributed by atoms with E-state index in [1.165, 1.54) is 0 Å². The molecule has 0 radical (unpaired) electrons. The van der Waals surface area contributed by atoms with Gasteiger partial charge < -0.3 is 20.6 Å². The van der Waals surface area contributed by atoms with Crippen LogP contribution in [-0.2, 0) is 0 Å². The van der Waals surface area contributed by atoms with E-state index in [1.807, 2.05) is 0 Å². The van der Waals surface area contributed by atoms with Gasteiger partial charge in [0.05, 0.1) is 12.1 Å². The second-order valence-corrected chi connectivity index (χ2v) is 5.24. The van der Waals surface area contributed by atoms with Crippen LogP contribution in [0.4, 0.5) is 4.79 Å². The molecular formula is C14H29N3O2. The Bertz CT molecular complexity index is 257. The Morgan fingerprint density at radius 3 is 2.58 bits per heavy atom. The first kappa shape index (κ1) is 16.2. The first-order chi connectivity index (χ1) is 9.17. The Balaban J connectivity index is 2.10. The second kappa shape index (κ2) is 9.15. The van der Waals surface area contributed by atoms with Gasteiger partial charge in [0.2, 0.25) is 0 Å². The number of amides is 2. The molecule has 2 amide bonds. The molecule has 0 bridgehead atoms. The summed E-state index contributed by atoms with van der Waals surface area (Å²) in [4.78, 5) is 14.0. The fourth-order valence-electron chi connectivity index (χ4n) is 2.54. The lowest BCUT2D eigenvalue weighted by atomic mass is 9.93. The fraction of sp³-hybridized carbons (Fsp3) is 0.929. The van der Waals surface area contributed by atoms with E-state index in [2.05, 4.69) is 29.4 Å². The second-order valence-electron chi connectivity index (χ2n) is 5.24. The van der Waals surface area contributed by atoms with E-state index in [0.29, 0.717) is 6.54 Å². The quantitative estimate of drug-likeness (QED) is 0.612. The van der Waals surface area contributed by atoms with Gasteiger partial charge in [-0.25, -0.2) is 4.79 Å². The van der Waals surface area contributed by atoms with Crippen molar-refractivity contribution in [2.75, 3.05) is 26.2 Å². The highest BCUT2D eigenvalue weighted by Gasteiger charge is 2.24. The minimum atomic E-state index is -0.379. The number of rotatable bonds is 7. The maximum atomic E-state index is 11.7. The molecular weight excluding hydrogens is 242 g/mol. The van der Waals surface area contributed by atoms with Gasteiger partial charge in [-0.2, -0.15) is 0 Å². The van der Waals surface area contributed by atoms with Gasteiger partial charge >= 0.3 is 6.03 Å². The SMILES string of the molecule is CCN(CC)CCCNC(=O)NC1CCCCC1O. The van der Waals surface area contributed by atoms with Gasteiger partial charge in [0.25, 0.3) is 0 Å². The number of urea groups is 1. The molecule has 5 heteroatoms. The average molecular weight is 271 g/mol. The summed E-state index contributed by atoms with van der Waals surface area (Å²) in [6.07, 6.45) is 4.41. The zero-order valence-corrected chi connectivity index (χ0v) is 12.3. The number of carbonyl (C=O) groups is 1. The lowest BCUT2D eigenvalue weighted by Crippen LogP contribution is -2.49. The van der Waals surface area contributed by atoms with Crippen LogP contribution in [0.3, 0.4) is 0 Å². The molecule has 0 aliphatic heterocycles. The molecule has 3 N–H and O–H groups in total. The van der Waals surface area contributed by atoms with Crippen LogP contribution in [0.5, 0.6) is 0 Å². The van der Waals surface area contributed by atoms with Crippen molar-refractivity contribution in [2.24, 2.45) is 0 Å². The van der Waals surface area contributed by atoms with Gasteiger partial charge in [0, 0.05) is 6.54 Å². The molecule has 112 valence electrons. The van der Waals surface area contributed by atoms with E-state index < -0.39 is 0 Å². The average Bonchev–Trinajstić information content (AvgIpc) is 2.42. The number of aliphatic hydroxyl groups excluding tert-OH is 1. The minimum Gasteiger partial charge on any atom is -0.391 e. The topological polar surface area (TPSA) is 64.6 Å². The number of carbonyl (C=O) groups excluding carboxylic acids is 1. The van der Waals surface area contributed by atoms with Gasteiger partial charge in [-0.3, -0.25) is 0 Å². The summed E-state index contributed by atoms with van der Waals surface area (Å²) in [7, 11) is 0. The first-order valence-electron chi connectivity index (χ1n) is 7.62. The fourth-order valence-corrected chi connectivity index (χ4v) is 2.54. The molecule has 0 aromatic carbocycles. The summed E-state index contributed by atoms with van der Waals surface area (Å²) in [5.41, 5.74) is 0. The zero-order chi connectivity index (χ0) is 14.1. The molecule has 1 fully saturated rings. The normalized spacial score (nSPS) is 23.4. The molecule has 0 saturated heterocycles. The van der Waals surface area contributed by atoms with E-state index in [4.69, 9.17) is 0 Å². The van der Waals surface area contributed by atoms with Gasteiger partial charge in [-0.15, -0.1) is 0 Å². The van der Waals surface area contributed by atoms with Crippen LogP contribution in [-0.4, -0.2) is 54.4 Å². The Kier molecular flexibility index (Phi) is 7.82. The van der Waals surface area contributed by atoms with Crippen molar-refractivity contribution in [2.45, 2.75) is 58.1 Å². The van der Waals surface area contributed by atoms with Crippen molar-refractivity contribution in [1.29, 1.82) is 0 Å². The number of aliphatic hydroxyl groups is 1. The molecule has 2 atom stereocenters. The van der Waals surface area contributed by atoms with Crippen molar-refractivity contribution < 1.29 is 9.90 Å². The van der Waals surface area contributed by atoms with E-state index in [-0.39, 0.29) is 18.2 Å². The van der Waals surface area contributed by atoms with Crippen LogP contribution in [0.1, 0.15) is 46.0 Å². The highest BCUT2D eigenvalue weighted by molar-refractivity contribution is 5.74. The zero-order valence-electron chi connectivity index (χ0n) is 12.3. The number of nitrogens with zero attached hydrogens (tertiary/aromatic N) is 1. The van der Waals surface area contributed by atoms with Crippen molar-refractivity contribution in [3.05, 3.63) is 0 Å². The van der Waals surface area contributed by atoms with Crippen LogP contribution in [0, 0.1) is 0 Å². The Morgan fingerprint density at radius 1 is 1.26 bits per heavy atom. The summed E-state index contributed by atoms with van der Waals surface area (Å²) >= 11 is 0. The predicted molar refractivity (Wildman–Crippen MR) is 77.2 cm³/mol. The third kappa shape index (κ3) is 6.25. The van der Waals surface area contributed by atoms with Crippen molar-refractivity contribution in [3.8, 4) is 0 Å². The first-order valence-corrected chi connectivity index (χ1v) is 7.62. The molecule has 19 heavy (non-hydrogen) atoms. The smallest absolute Gasteiger partial charge is 0.315 e. The third-order valence-electron chi connectivity index (χ3n) is 3.88. The molecule has 0 aromatic rings. The third-order valence-corrected chi connectivity index (χ3v) is 3.88. The van der Waals surface area contributed by atoms with Crippen LogP contribution >= 0.6 is 0 Å². The van der Waals surface area contributed by atoms with Crippen LogP contribution < -0.4 is 10.6 Å². The van der Waals surface area contributed by atoms with Gasteiger partial charge in [-0.1, -0.05) is 26.7 Å². The molecule has 1 rings (SSSR count). The Morgan fingerprint density at radius 2 is 1.95 bits per heavy atom. The molecule has 1 saturated carbocycles. The predicted octanol–water partition coefficient (Wildman–Crippen LogP) is 1.32. The van der Waals surface area contributed by atoms with Gasteiger partial charge in [0.15, 0.2) is 0 Å². The van der Waals surface area contributed by atoms with Crippen molar-refractivity contribution in [3.63, 3.8) is 0 Å². The molecule has 1 aliphatic rings. The number of nitrogens with one attached hydrogen (secondary N) is 2. The lowest BCUT2D eigenvalue weighted by molar-refractivity contribution is 0.0943.